The van der Waals surface area contributed by atoms with Crippen LogP contribution < -0.4 is 0 Å². The van der Waals surface area contributed by atoms with Crippen LogP contribution in [0.5, 0.6) is 0 Å². The van der Waals surface area contributed by atoms with Crippen LogP contribution in [-0.2, 0) is 0 Å². The minimum atomic E-state index is 0.391. The van der Waals surface area contributed by atoms with Gasteiger partial charge in [-0.1, -0.05) is 25.8 Å². The normalized spacial score (nSPS) is 14.5. The van der Waals surface area contributed by atoms with Gasteiger partial charge in [-0.05, 0) is 9.76 Å². The van der Waals surface area contributed by atoms with Crippen molar-refractivity contribution in [3.63, 3.8) is 0 Å². The van der Waals surface area contributed by atoms with Gasteiger partial charge in [0.05, 0.1) is 0 Å². The molecule has 0 amide bonds. The van der Waals surface area contributed by atoms with Crippen molar-refractivity contribution in [3.05, 3.63) is 0 Å². The summed E-state index contributed by atoms with van der Waals surface area (Å²) in [5, 5.41) is 0.742. The summed E-state index contributed by atoms with van der Waals surface area (Å²) in [7, 11) is 1.88. The fourth-order valence-corrected chi connectivity index (χ4v) is 0. The minimum Gasteiger partial charge on any atom is -0.0634 e. The molecule has 0 aliphatic heterocycles. The molecular formula is C4H14Si2. The van der Waals surface area contributed by atoms with Crippen LogP contribution in [0.3, 0.4) is 0 Å². The minimum absolute atomic E-state index is 0.391. The van der Waals surface area contributed by atoms with Gasteiger partial charge in [-0.15, -0.1) is 0 Å². The molecule has 38 valence electrons. The molecule has 0 N–H and O–H groups in total. The third-order valence-electron chi connectivity index (χ3n) is 1.06. The molecule has 0 bridgehead atoms. The zero-order valence-electron chi connectivity index (χ0n) is 5.21. The van der Waals surface area contributed by atoms with Gasteiger partial charge >= 0.3 is 0 Å². The molecule has 0 rings (SSSR count). The molecule has 6 heavy (non-hydrogen) atoms. The zero-order chi connectivity index (χ0) is 5.21. The summed E-state index contributed by atoms with van der Waals surface area (Å²) in [6, 6.07) is 0. The molecule has 2 heteroatoms. The van der Waals surface area contributed by atoms with Crippen LogP contribution in [0.4, 0.5) is 0 Å². The van der Waals surface area contributed by atoms with E-state index in [-0.39, 0.29) is 0 Å². The molecule has 0 atom stereocenters. The van der Waals surface area contributed by atoms with Gasteiger partial charge in [-0.25, -0.2) is 0 Å². The highest BCUT2D eigenvalue weighted by molar-refractivity contribution is 6.91. The van der Waals surface area contributed by atoms with Gasteiger partial charge in [0.1, 0.15) is 0 Å². The quantitative estimate of drug-likeness (QED) is 0.382. The Morgan fingerprint density at radius 1 is 1.33 bits per heavy atom. The molecule has 0 aromatic carbocycles. The summed E-state index contributed by atoms with van der Waals surface area (Å²) in [6.07, 6.45) is 0. The predicted octanol–water partition coefficient (Wildman–Crippen LogP) is -0.346. The van der Waals surface area contributed by atoms with E-state index >= 15 is 0 Å². The molecule has 0 aliphatic carbocycles. The van der Waals surface area contributed by atoms with Crippen molar-refractivity contribution in [1.82, 2.24) is 0 Å². The highest BCUT2D eigenvalue weighted by Gasteiger charge is 2.03. The van der Waals surface area contributed by atoms with Crippen molar-refractivity contribution >= 4 is 18.8 Å². The van der Waals surface area contributed by atoms with E-state index < -0.39 is 0 Å². The van der Waals surface area contributed by atoms with Crippen molar-refractivity contribution in [2.75, 3.05) is 0 Å². The van der Waals surface area contributed by atoms with Crippen molar-refractivity contribution in [1.29, 1.82) is 0 Å². The third-order valence-corrected chi connectivity index (χ3v) is 9.55. The molecule has 0 heterocycles. The van der Waals surface area contributed by atoms with E-state index in [1.807, 2.05) is 0 Å². The van der Waals surface area contributed by atoms with Crippen LogP contribution in [0.1, 0.15) is 20.8 Å². The maximum Gasteiger partial charge on any atom is 0.0107 e. The van der Waals surface area contributed by atoms with Gasteiger partial charge in [0.25, 0.3) is 0 Å². The fraction of sp³-hybridized carbons (Fsp3) is 1.00. The van der Waals surface area contributed by atoms with Gasteiger partial charge in [0.2, 0.25) is 0 Å². The van der Waals surface area contributed by atoms with E-state index in [9.17, 15) is 0 Å². The van der Waals surface area contributed by atoms with Crippen molar-refractivity contribution in [2.24, 2.45) is 0 Å². The lowest BCUT2D eigenvalue weighted by molar-refractivity contribution is 0.763. The largest absolute Gasteiger partial charge is 0.0634 e. The van der Waals surface area contributed by atoms with E-state index in [2.05, 4.69) is 20.8 Å². The van der Waals surface area contributed by atoms with Crippen LogP contribution in [0.15, 0.2) is 0 Å². The summed E-state index contributed by atoms with van der Waals surface area (Å²) >= 11 is 0. The molecule has 0 radical (unpaired) electrons. The molecule has 0 saturated carbocycles. The number of hydrogen-bond acceptors (Lipinski definition) is 0. The maximum absolute atomic E-state index is 2.34. The van der Waals surface area contributed by atoms with E-state index in [1.165, 1.54) is 9.76 Å². The second-order valence-electron chi connectivity index (χ2n) is 2.91. The Hall–Kier alpha value is 0.434. The monoisotopic (exact) mass is 118 g/mol. The number of rotatable bonds is 0. The Labute approximate surface area is 45.4 Å². The third kappa shape index (κ3) is 4.43. The lowest BCUT2D eigenvalue weighted by Crippen LogP contribution is -2.06. The van der Waals surface area contributed by atoms with Gasteiger partial charge in [0.15, 0.2) is 0 Å². The van der Waals surface area contributed by atoms with E-state index in [0.29, 0.717) is 9.04 Å². The van der Waals surface area contributed by atoms with E-state index in [0.717, 1.165) is 5.04 Å². The number of hydrogen-bond donors (Lipinski definition) is 0. The molecule has 0 fully saturated rings. The Morgan fingerprint density at radius 3 is 1.50 bits per heavy atom. The Kier molecular flexibility index (Phi) is 2.07. The molecule has 0 aromatic rings. The van der Waals surface area contributed by atoms with Crippen molar-refractivity contribution in [3.8, 4) is 0 Å². The first-order valence-electron chi connectivity index (χ1n) is 2.56. The molecule has 0 saturated heterocycles. The van der Waals surface area contributed by atoms with Crippen molar-refractivity contribution < 1.29 is 0 Å². The zero-order valence-corrected chi connectivity index (χ0v) is 8.62. The maximum atomic E-state index is 2.34. The summed E-state index contributed by atoms with van der Waals surface area (Å²) in [5.41, 5.74) is 0. The second-order valence-corrected chi connectivity index (χ2v) is 7.86. The lowest BCUT2D eigenvalue weighted by Gasteiger charge is -2.12. The fourth-order valence-electron chi connectivity index (χ4n) is 0. The van der Waals surface area contributed by atoms with E-state index in [4.69, 9.17) is 0 Å². The summed E-state index contributed by atoms with van der Waals surface area (Å²) in [4.78, 5) is 0. The summed E-state index contributed by atoms with van der Waals surface area (Å²) in [6.45, 7) is 7.02. The Balaban J connectivity index is 3.17. The second kappa shape index (κ2) is 1.93. The van der Waals surface area contributed by atoms with Gasteiger partial charge in [0, 0.05) is 9.04 Å². The van der Waals surface area contributed by atoms with Crippen molar-refractivity contribution in [2.45, 2.75) is 25.8 Å². The van der Waals surface area contributed by atoms with Crippen LogP contribution in [0.25, 0.3) is 0 Å². The molecule has 0 aliphatic rings. The van der Waals surface area contributed by atoms with Crippen LogP contribution in [0, 0.1) is 0 Å². The first-order valence-corrected chi connectivity index (χ1v) is 8.92. The highest BCUT2D eigenvalue weighted by Crippen LogP contribution is 2.17. The Bertz CT molecular complexity index is 35.3. The SMILES string of the molecule is CC(C)(C)[SiH2][SiH3]. The lowest BCUT2D eigenvalue weighted by atomic mass is 10.3. The smallest absolute Gasteiger partial charge is 0.0107 e. The molecule has 0 unspecified atom stereocenters. The topological polar surface area (TPSA) is 0 Å². The molecule has 0 aromatic heterocycles. The molecule has 0 spiro atoms. The first-order chi connectivity index (χ1) is 2.56. The van der Waals surface area contributed by atoms with Crippen LogP contribution in [-0.4, -0.2) is 18.8 Å². The molecule has 0 nitrogen and oxygen atoms in total. The van der Waals surface area contributed by atoms with Gasteiger partial charge in [-0.2, -0.15) is 0 Å². The van der Waals surface area contributed by atoms with Crippen LogP contribution >= 0.6 is 0 Å². The Morgan fingerprint density at radius 2 is 1.50 bits per heavy atom. The van der Waals surface area contributed by atoms with E-state index in [1.54, 1.807) is 0 Å². The predicted molar refractivity (Wildman–Crippen MR) is 38.2 cm³/mol. The van der Waals surface area contributed by atoms with Crippen LogP contribution in [0.2, 0.25) is 5.04 Å². The molecular weight excluding hydrogens is 104 g/mol. The average molecular weight is 118 g/mol. The summed E-state index contributed by atoms with van der Waals surface area (Å²) in [5.74, 6) is 0. The highest BCUT2D eigenvalue weighted by atomic mass is 29.1. The summed E-state index contributed by atoms with van der Waals surface area (Å²) < 4.78 is 0. The van der Waals surface area contributed by atoms with Gasteiger partial charge < -0.3 is 0 Å². The standard InChI is InChI=1S/C4H14Si2/c1-4(2,3)6-5/h6H2,1-3,5H3. The first kappa shape index (κ1) is 6.43. The average Bonchev–Trinajstić information content (AvgIpc) is 1.35. The van der Waals surface area contributed by atoms with Gasteiger partial charge in [-0.3, -0.25) is 0 Å².